The largest absolute Gasteiger partial charge is 0.458 e. The lowest BCUT2D eigenvalue weighted by atomic mass is 9.85. The van der Waals surface area contributed by atoms with E-state index in [9.17, 15) is 9.90 Å². The zero-order chi connectivity index (χ0) is 9.35. The van der Waals surface area contributed by atoms with Crippen molar-refractivity contribution in [3.8, 4) is 0 Å². The highest BCUT2D eigenvalue weighted by Crippen LogP contribution is 2.27. The zero-order valence-electron chi connectivity index (χ0n) is 7.63. The first kappa shape index (κ1) is 9.26. The van der Waals surface area contributed by atoms with Gasteiger partial charge in [-0.15, -0.1) is 0 Å². The third kappa shape index (κ3) is 1.50. The molecule has 0 bridgehead atoms. The second-order valence-corrected chi connectivity index (χ2v) is 3.58. The molecule has 0 aromatic rings. The summed E-state index contributed by atoms with van der Waals surface area (Å²) in [6, 6.07) is 0. The van der Waals surface area contributed by atoms with E-state index in [1.807, 2.05) is 13.8 Å². The Bertz CT molecular complexity index is 226. The molecule has 1 heterocycles. The van der Waals surface area contributed by atoms with Crippen LogP contribution in [0.15, 0.2) is 11.6 Å². The second-order valence-electron chi connectivity index (χ2n) is 3.58. The van der Waals surface area contributed by atoms with E-state index < -0.39 is 5.60 Å². The van der Waals surface area contributed by atoms with E-state index in [1.54, 1.807) is 6.92 Å². The van der Waals surface area contributed by atoms with Gasteiger partial charge < -0.3 is 9.84 Å². The van der Waals surface area contributed by atoms with Crippen LogP contribution in [0.5, 0.6) is 0 Å². The van der Waals surface area contributed by atoms with Crippen LogP contribution in [0.4, 0.5) is 0 Å². The maximum atomic E-state index is 10.7. The summed E-state index contributed by atoms with van der Waals surface area (Å²) in [7, 11) is 0. The molecule has 0 fully saturated rings. The van der Waals surface area contributed by atoms with Crippen molar-refractivity contribution in [3.63, 3.8) is 0 Å². The molecule has 0 saturated carbocycles. The van der Waals surface area contributed by atoms with Crippen LogP contribution in [0.1, 0.15) is 20.8 Å². The number of esters is 1. The maximum absolute atomic E-state index is 10.7. The molecule has 68 valence electrons. The van der Waals surface area contributed by atoms with Crippen LogP contribution < -0.4 is 0 Å². The fourth-order valence-electron chi connectivity index (χ4n) is 1.04. The summed E-state index contributed by atoms with van der Waals surface area (Å²) in [5.74, 6) is -0.274. The Morgan fingerprint density at radius 2 is 2.25 bits per heavy atom. The average Bonchev–Trinajstić information content (AvgIpc) is 2.35. The molecule has 3 heteroatoms. The highest BCUT2D eigenvalue weighted by atomic mass is 16.5. The van der Waals surface area contributed by atoms with Crippen molar-refractivity contribution in [1.29, 1.82) is 0 Å². The first-order valence-electron chi connectivity index (χ1n) is 4.04. The number of carbonyl (C=O) groups excluding carboxylic acids is 1. The van der Waals surface area contributed by atoms with Gasteiger partial charge in [0.15, 0.2) is 0 Å². The number of hydrogen-bond donors (Lipinski definition) is 1. The van der Waals surface area contributed by atoms with Gasteiger partial charge in [-0.25, -0.2) is 4.79 Å². The standard InChI is InChI=1S/C9H14O3/c1-6(2)9(3,11)7-4-8(10)12-5-7/h4,6,11H,5H2,1-3H3. The van der Waals surface area contributed by atoms with Crippen molar-refractivity contribution >= 4 is 5.97 Å². The first-order valence-corrected chi connectivity index (χ1v) is 4.04. The van der Waals surface area contributed by atoms with E-state index in [0.29, 0.717) is 5.57 Å². The van der Waals surface area contributed by atoms with Gasteiger partial charge in [0.05, 0.1) is 5.60 Å². The van der Waals surface area contributed by atoms with Crippen LogP contribution in [-0.4, -0.2) is 23.3 Å². The van der Waals surface area contributed by atoms with Crippen LogP contribution in [0, 0.1) is 5.92 Å². The summed E-state index contributed by atoms with van der Waals surface area (Å²) in [4.78, 5) is 10.7. The molecule has 0 aromatic heterocycles. The molecule has 1 atom stereocenters. The Labute approximate surface area is 72.0 Å². The molecular weight excluding hydrogens is 156 g/mol. The number of carbonyl (C=O) groups is 1. The fraction of sp³-hybridized carbons (Fsp3) is 0.667. The van der Waals surface area contributed by atoms with Gasteiger partial charge in [0.2, 0.25) is 0 Å². The molecule has 1 unspecified atom stereocenters. The number of ether oxygens (including phenoxy) is 1. The minimum Gasteiger partial charge on any atom is -0.458 e. The van der Waals surface area contributed by atoms with Crippen LogP contribution >= 0.6 is 0 Å². The molecule has 0 aromatic carbocycles. The minimum atomic E-state index is -0.924. The number of rotatable bonds is 2. The Morgan fingerprint density at radius 3 is 2.58 bits per heavy atom. The molecule has 1 rings (SSSR count). The summed E-state index contributed by atoms with van der Waals surface area (Å²) < 4.78 is 4.71. The molecule has 1 N–H and O–H groups in total. The van der Waals surface area contributed by atoms with Gasteiger partial charge in [-0.2, -0.15) is 0 Å². The van der Waals surface area contributed by atoms with Crippen molar-refractivity contribution < 1.29 is 14.6 Å². The monoisotopic (exact) mass is 170 g/mol. The molecule has 3 nitrogen and oxygen atoms in total. The Hall–Kier alpha value is -0.830. The highest BCUT2D eigenvalue weighted by Gasteiger charge is 2.33. The SMILES string of the molecule is CC(C)C(C)(O)C1=CC(=O)OC1. The third-order valence-corrected chi connectivity index (χ3v) is 2.44. The lowest BCUT2D eigenvalue weighted by molar-refractivity contribution is -0.135. The summed E-state index contributed by atoms with van der Waals surface area (Å²) in [5, 5.41) is 9.91. The van der Waals surface area contributed by atoms with Crippen LogP contribution in [-0.2, 0) is 9.53 Å². The van der Waals surface area contributed by atoms with Crippen LogP contribution in [0.25, 0.3) is 0 Å². The van der Waals surface area contributed by atoms with Crippen LogP contribution in [0.2, 0.25) is 0 Å². The predicted molar refractivity (Wildman–Crippen MR) is 44.5 cm³/mol. The molecule has 12 heavy (non-hydrogen) atoms. The quantitative estimate of drug-likeness (QED) is 0.626. The summed E-state index contributed by atoms with van der Waals surface area (Å²) in [5.41, 5.74) is -0.255. The smallest absolute Gasteiger partial charge is 0.331 e. The minimum absolute atomic E-state index is 0.0817. The summed E-state index contributed by atoms with van der Waals surface area (Å²) in [6.45, 7) is 5.74. The maximum Gasteiger partial charge on any atom is 0.331 e. The molecule has 0 amide bonds. The molecule has 0 aliphatic carbocycles. The van der Waals surface area contributed by atoms with E-state index in [2.05, 4.69) is 0 Å². The lowest BCUT2D eigenvalue weighted by Crippen LogP contribution is -2.34. The van der Waals surface area contributed by atoms with Gasteiger partial charge in [-0.1, -0.05) is 13.8 Å². The molecular formula is C9H14O3. The molecule has 1 aliphatic rings. The fourth-order valence-corrected chi connectivity index (χ4v) is 1.04. The van der Waals surface area contributed by atoms with E-state index in [4.69, 9.17) is 4.74 Å². The van der Waals surface area contributed by atoms with E-state index in [-0.39, 0.29) is 18.5 Å². The van der Waals surface area contributed by atoms with E-state index >= 15 is 0 Å². The van der Waals surface area contributed by atoms with Crippen molar-refractivity contribution in [2.45, 2.75) is 26.4 Å². The zero-order valence-corrected chi connectivity index (χ0v) is 7.63. The molecule has 1 aliphatic heterocycles. The first-order chi connectivity index (χ1) is 5.44. The Kier molecular flexibility index (Phi) is 2.24. The number of cyclic esters (lactones) is 1. The van der Waals surface area contributed by atoms with Gasteiger partial charge in [-0.05, 0) is 12.8 Å². The van der Waals surface area contributed by atoms with Gasteiger partial charge in [-0.3, -0.25) is 0 Å². The highest BCUT2D eigenvalue weighted by molar-refractivity contribution is 5.85. The van der Waals surface area contributed by atoms with Gasteiger partial charge in [0, 0.05) is 11.6 Å². The lowest BCUT2D eigenvalue weighted by Gasteiger charge is -2.28. The van der Waals surface area contributed by atoms with Gasteiger partial charge >= 0.3 is 5.97 Å². The topological polar surface area (TPSA) is 46.5 Å². The van der Waals surface area contributed by atoms with Crippen molar-refractivity contribution in [2.75, 3.05) is 6.61 Å². The number of hydrogen-bond acceptors (Lipinski definition) is 3. The molecule has 0 spiro atoms. The second kappa shape index (κ2) is 2.90. The summed E-state index contributed by atoms with van der Waals surface area (Å²) >= 11 is 0. The molecule has 0 saturated heterocycles. The normalized spacial score (nSPS) is 22.1. The van der Waals surface area contributed by atoms with Crippen molar-refractivity contribution in [3.05, 3.63) is 11.6 Å². The number of aliphatic hydroxyl groups is 1. The van der Waals surface area contributed by atoms with E-state index in [1.165, 1.54) is 6.08 Å². The average molecular weight is 170 g/mol. The van der Waals surface area contributed by atoms with Crippen molar-refractivity contribution in [2.24, 2.45) is 5.92 Å². The van der Waals surface area contributed by atoms with Crippen LogP contribution in [0.3, 0.4) is 0 Å². The summed E-state index contributed by atoms with van der Waals surface area (Å²) in [6.07, 6.45) is 1.38. The third-order valence-electron chi connectivity index (χ3n) is 2.44. The van der Waals surface area contributed by atoms with Gasteiger partial charge in [0.25, 0.3) is 0 Å². The Morgan fingerprint density at radius 1 is 1.67 bits per heavy atom. The van der Waals surface area contributed by atoms with Gasteiger partial charge in [0.1, 0.15) is 6.61 Å². The molecule has 0 radical (unpaired) electrons. The van der Waals surface area contributed by atoms with Crippen molar-refractivity contribution in [1.82, 2.24) is 0 Å². The Balaban J connectivity index is 2.82. The predicted octanol–water partition coefficient (Wildman–Crippen LogP) is 0.877. The van der Waals surface area contributed by atoms with E-state index in [0.717, 1.165) is 0 Å².